The Morgan fingerprint density at radius 3 is 2.70 bits per heavy atom. The van der Waals surface area contributed by atoms with Gasteiger partial charge in [-0.2, -0.15) is 5.10 Å². The van der Waals surface area contributed by atoms with Gasteiger partial charge < -0.3 is 5.32 Å². The number of anilines is 2. The number of nitrogens with one attached hydrogen (secondary N) is 1. The van der Waals surface area contributed by atoms with Gasteiger partial charge in [0.15, 0.2) is 5.13 Å². The first-order valence-electron chi connectivity index (χ1n) is 8.10. The van der Waals surface area contributed by atoms with Gasteiger partial charge >= 0.3 is 5.69 Å². The summed E-state index contributed by atoms with van der Waals surface area (Å²) in [5.41, 5.74) is 3.14. The number of thiazole rings is 1. The van der Waals surface area contributed by atoms with E-state index in [2.05, 4.69) is 25.4 Å². The fraction of sp³-hybridized carbons (Fsp3) is 0.176. The summed E-state index contributed by atoms with van der Waals surface area (Å²) in [5, 5.41) is 19.6. The summed E-state index contributed by atoms with van der Waals surface area (Å²) in [6.07, 6.45) is 1.28. The minimum absolute atomic E-state index is 0.0780. The molecule has 0 saturated carbocycles. The zero-order valence-corrected chi connectivity index (χ0v) is 15.6. The van der Waals surface area contributed by atoms with E-state index in [4.69, 9.17) is 0 Å². The number of nitrogens with zero attached hydrogens (tertiary/aromatic N) is 6. The van der Waals surface area contributed by atoms with Crippen molar-refractivity contribution in [2.75, 3.05) is 5.32 Å². The van der Waals surface area contributed by atoms with E-state index in [1.165, 1.54) is 22.3 Å². The number of hydrogen-bond donors (Lipinski definition) is 1. The van der Waals surface area contributed by atoms with Gasteiger partial charge in [-0.05, 0) is 38.5 Å². The van der Waals surface area contributed by atoms with Gasteiger partial charge in [-0.15, -0.1) is 0 Å². The Bertz CT molecular complexity index is 1180. The molecule has 0 radical (unpaired) electrons. The van der Waals surface area contributed by atoms with E-state index in [-0.39, 0.29) is 17.3 Å². The Morgan fingerprint density at radius 1 is 1.22 bits per heavy atom. The summed E-state index contributed by atoms with van der Waals surface area (Å²) < 4.78 is 2.44. The number of benzene rings is 1. The molecule has 0 fully saturated rings. The average Bonchev–Trinajstić information content (AvgIpc) is 3.17. The third kappa shape index (κ3) is 2.99. The number of nitro groups is 1. The second-order valence-electron chi connectivity index (χ2n) is 6.06. The fourth-order valence-electron chi connectivity index (χ4n) is 2.87. The molecule has 0 unspecified atom stereocenters. The standard InChI is InChI=1S/C17H15N7O2S/c1-9-5-4-6-12-13(9)20-17(27-12)21-15-14(24(25)26)16(19-8-18-15)23-11(3)7-10(2)22-23/h4-8H,1-3H3,(H,18,19,20,21). The molecule has 9 nitrogen and oxygen atoms in total. The van der Waals surface area contributed by atoms with Crippen molar-refractivity contribution < 1.29 is 4.92 Å². The van der Waals surface area contributed by atoms with Gasteiger partial charge in [-0.25, -0.2) is 19.6 Å². The Hall–Kier alpha value is -3.40. The van der Waals surface area contributed by atoms with Crippen LogP contribution in [-0.2, 0) is 0 Å². The molecule has 10 heteroatoms. The Kier molecular flexibility index (Phi) is 4.04. The zero-order chi connectivity index (χ0) is 19.1. The zero-order valence-electron chi connectivity index (χ0n) is 14.8. The lowest BCUT2D eigenvalue weighted by Gasteiger charge is -2.07. The van der Waals surface area contributed by atoms with Crippen molar-refractivity contribution in [3.8, 4) is 5.82 Å². The molecule has 27 heavy (non-hydrogen) atoms. The first-order chi connectivity index (χ1) is 12.9. The lowest BCUT2D eigenvalue weighted by atomic mass is 10.2. The van der Waals surface area contributed by atoms with E-state index in [0.29, 0.717) is 5.13 Å². The van der Waals surface area contributed by atoms with Crippen LogP contribution in [0.15, 0.2) is 30.6 Å². The molecule has 4 aromatic rings. The molecule has 0 bridgehead atoms. The Labute approximate surface area is 157 Å². The molecule has 0 amide bonds. The highest BCUT2D eigenvalue weighted by atomic mass is 32.1. The monoisotopic (exact) mass is 381 g/mol. The van der Waals surface area contributed by atoms with Gasteiger partial charge in [-0.3, -0.25) is 10.1 Å². The van der Waals surface area contributed by atoms with Crippen LogP contribution < -0.4 is 5.32 Å². The van der Waals surface area contributed by atoms with Crippen LogP contribution in [0.3, 0.4) is 0 Å². The van der Waals surface area contributed by atoms with Crippen LogP contribution in [0.1, 0.15) is 17.0 Å². The number of aryl methyl sites for hydroxylation is 3. The molecular weight excluding hydrogens is 366 g/mol. The molecule has 0 saturated heterocycles. The van der Waals surface area contributed by atoms with Gasteiger partial charge in [0.1, 0.15) is 6.33 Å². The van der Waals surface area contributed by atoms with Gasteiger partial charge in [0, 0.05) is 5.69 Å². The smallest absolute Gasteiger partial charge is 0.310 e. The maximum atomic E-state index is 11.8. The molecule has 0 spiro atoms. The molecule has 0 aliphatic carbocycles. The lowest BCUT2D eigenvalue weighted by molar-refractivity contribution is -0.384. The molecule has 1 aromatic carbocycles. The van der Waals surface area contributed by atoms with Crippen molar-refractivity contribution in [2.24, 2.45) is 0 Å². The van der Waals surface area contributed by atoms with Crippen molar-refractivity contribution >= 4 is 38.2 Å². The van der Waals surface area contributed by atoms with E-state index in [9.17, 15) is 10.1 Å². The quantitative estimate of drug-likeness (QED) is 0.422. The molecule has 1 N–H and O–H groups in total. The topological polar surface area (TPSA) is 112 Å². The number of hydrogen-bond acceptors (Lipinski definition) is 8. The van der Waals surface area contributed by atoms with Crippen LogP contribution in [0.25, 0.3) is 16.0 Å². The molecule has 0 aliphatic heterocycles. The van der Waals surface area contributed by atoms with Crippen LogP contribution in [0, 0.1) is 30.9 Å². The van der Waals surface area contributed by atoms with E-state index < -0.39 is 4.92 Å². The predicted molar refractivity (Wildman–Crippen MR) is 103 cm³/mol. The van der Waals surface area contributed by atoms with Crippen LogP contribution in [-0.4, -0.2) is 29.7 Å². The fourth-order valence-corrected chi connectivity index (χ4v) is 3.81. The van der Waals surface area contributed by atoms with E-state index in [1.54, 1.807) is 0 Å². The summed E-state index contributed by atoms with van der Waals surface area (Å²) in [5.74, 6) is 0.189. The third-order valence-electron chi connectivity index (χ3n) is 4.04. The maximum absolute atomic E-state index is 11.8. The summed E-state index contributed by atoms with van der Waals surface area (Å²) in [6, 6.07) is 7.71. The number of aromatic nitrogens is 5. The van der Waals surface area contributed by atoms with Crippen LogP contribution in [0.2, 0.25) is 0 Å². The van der Waals surface area contributed by atoms with Crippen molar-refractivity contribution in [1.82, 2.24) is 24.7 Å². The molecule has 4 rings (SSSR count). The maximum Gasteiger partial charge on any atom is 0.356 e. The third-order valence-corrected chi connectivity index (χ3v) is 4.98. The molecule has 0 aliphatic rings. The minimum Gasteiger partial charge on any atom is -0.310 e. The summed E-state index contributed by atoms with van der Waals surface area (Å²) in [6.45, 7) is 5.61. The van der Waals surface area contributed by atoms with Crippen LogP contribution >= 0.6 is 11.3 Å². The van der Waals surface area contributed by atoms with E-state index in [1.807, 2.05) is 45.0 Å². The highest BCUT2D eigenvalue weighted by molar-refractivity contribution is 7.22. The second-order valence-corrected chi connectivity index (χ2v) is 7.09. The summed E-state index contributed by atoms with van der Waals surface area (Å²) >= 11 is 1.41. The normalized spacial score (nSPS) is 11.1. The number of fused-ring (bicyclic) bond motifs is 1. The van der Waals surface area contributed by atoms with Crippen molar-refractivity contribution in [3.05, 3.63) is 57.7 Å². The highest BCUT2D eigenvalue weighted by Gasteiger charge is 2.26. The number of para-hydroxylation sites is 1. The molecule has 3 aromatic heterocycles. The average molecular weight is 381 g/mol. The van der Waals surface area contributed by atoms with Gasteiger partial charge in [0.2, 0.25) is 11.6 Å². The van der Waals surface area contributed by atoms with Gasteiger partial charge in [-0.1, -0.05) is 23.5 Å². The molecular formula is C17H15N7O2S. The summed E-state index contributed by atoms with van der Waals surface area (Å²) in [7, 11) is 0. The van der Waals surface area contributed by atoms with Gasteiger partial charge in [0.25, 0.3) is 0 Å². The van der Waals surface area contributed by atoms with Crippen molar-refractivity contribution in [1.29, 1.82) is 0 Å². The second kappa shape index (κ2) is 6.40. The predicted octanol–water partition coefficient (Wildman–Crippen LogP) is 3.85. The minimum atomic E-state index is -0.507. The number of rotatable bonds is 4. The Morgan fingerprint density at radius 2 is 2.04 bits per heavy atom. The van der Waals surface area contributed by atoms with Crippen LogP contribution in [0.5, 0.6) is 0 Å². The molecule has 3 heterocycles. The highest BCUT2D eigenvalue weighted by Crippen LogP contribution is 2.34. The van der Waals surface area contributed by atoms with Crippen molar-refractivity contribution in [2.45, 2.75) is 20.8 Å². The van der Waals surface area contributed by atoms with E-state index in [0.717, 1.165) is 27.2 Å². The van der Waals surface area contributed by atoms with Crippen molar-refractivity contribution in [3.63, 3.8) is 0 Å². The van der Waals surface area contributed by atoms with Gasteiger partial charge in [0.05, 0.1) is 20.8 Å². The Balaban J connectivity index is 1.82. The summed E-state index contributed by atoms with van der Waals surface area (Å²) in [4.78, 5) is 24.0. The first-order valence-corrected chi connectivity index (χ1v) is 8.92. The SMILES string of the molecule is Cc1cc(C)n(-c2ncnc(Nc3nc4c(C)cccc4s3)c2[N+](=O)[O-])n1. The lowest BCUT2D eigenvalue weighted by Crippen LogP contribution is -2.09. The molecule has 136 valence electrons. The van der Waals surface area contributed by atoms with Crippen LogP contribution in [0.4, 0.5) is 16.6 Å². The molecule has 0 atom stereocenters. The van der Waals surface area contributed by atoms with E-state index >= 15 is 0 Å². The first kappa shape index (κ1) is 17.0. The largest absolute Gasteiger partial charge is 0.356 e.